The van der Waals surface area contributed by atoms with E-state index in [1.807, 2.05) is 0 Å². The van der Waals surface area contributed by atoms with Crippen molar-refractivity contribution in [2.75, 3.05) is 19.6 Å². The van der Waals surface area contributed by atoms with Crippen molar-refractivity contribution in [3.05, 3.63) is 12.2 Å². The number of hydrogen-bond donors (Lipinski definition) is 1. The second-order valence-electron chi connectivity index (χ2n) is 17.6. The summed E-state index contributed by atoms with van der Waals surface area (Å²) in [7, 11) is 0. The summed E-state index contributed by atoms with van der Waals surface area (Å²) >= 11 is 0. The van der Waals surface area contributed by atoms with Gasteiger partial charge in [-0.1, -0.05) is 58.6 Å². The van der Waals surface area contributed by atoms with Gasteiger partial charge in [-0.25, -0.2) is 0 Å². The monoisotopic (exact) mass is 627 g/mol. The number of esters is 1. The first-order chi connectivity index (χ1) is 20.2. The van der Waals surface area contributed by atoms with Gasteiger partial charge in [-0.3, -0.25) is 9.69 Å². The molecule has 0 amide bonds. The largest absolute Gasteiger partial charge is 0.462 e. The van der Waals surface area contributed by atoms with Crippen molar-refractivity contribution in [1.29, 1.82) is 0 Å². The average Bonchev–Trinajstić information content (AvgIpc) is 3.59. The minimum absolute atomic E-state index is 0. The van der Waals surface area contributed by atoms with Gasteiger partial charge in [0.2, 0.25) is 0 Å². The van der Waals surface area contributed by atoms with Gasteiger partial charge in [0.15, 0.2) is 0 Å². The van der Waals surface area contributed by atoms with Crippen LogP contribution in [0.4, 0.5) is 0 Å². The maximum atomic E-state index is 12.0. The van der Waals surface area contributed by atoms with Crippen LogP contribution in [0, 0.1) is 68.5 Å². The minimum atomic E-state index is -0.537. The molecule has 4 nitrogen and oxygen atoms in total. The molecule has 0 aromatic heterocycles. The highest BCUT2D eigenvalue weighted by molar-refractivity contribution is 5.85. The molecule has 0 unspecified atom stereocenters. The molecular weight excluding hydrogens is 566 g/mol. The summed E-state index contributed by atoms with van der Waals surface area (Å²) in [4.78, 5) is 14.5. The van der Waals surface area contributed by atoms with Crippen LogP contribution in [0.1, 0.15) is 126 Å². The van der Waals surface area contributed by atoms with E-state index in [1.165, 1.54) is 50.5 Å². The average molecular weight is 628 g/mol. The van der Waals surface area contributed by atoms with Crippen molar-refractivity contribution in [3.8, 4) is 11.8 Å². The number of aliphatic hydroxyl groups is 1. The Balaban J connectivity index is 0.00000384. The molecule has 1 aliphatic heterocycles. The molecule has 0 aromatic carbocycles. The number of nitrogens with zero attached hydrogens (tertiary/aromatic N) is 1. The van der Waals surface area contributed by atoms with Crippen LogP contribution in [-0.2, 0) is 9.53 Å². The topological polar surface area (TPSA) is 49.8 Å². The quantitative estimate of drug-likeness (QED) is 0.193. The number of hydrogen-bond acceptors (Lipinski definition) is 4. The van der Waals surface area contributed by atoms with E-state index in [0.29, 0.717) is 29.6 Å². The Hall–Kier alpha value is -1.02. The van der Waals surface area contributed by atoms with Crippen LogP contribution >= 0.6 is 12.4 Å². The molecule has 6 fully saturated rings. The maximum Gasteiger partial charge on any atom is 0.302 e. The molecule has 5 heteroatoms. The lowest BCUT2D eigenvalue weighted by Crippen LogP contribution is -2.67. The van der Waals surface area contributed by atoms with Gasteiger partial charge in [0.05, 0.1) is 6.54 Å². The second kappa shape index (κ2) is 11.9. The normalized spacial score (nSPS) is 46.5. The van der Waals surface area contributed by atoms with Crippen LogP contribution < -0.4 is 0 Å². The zero-order valence-electron chi connectivity index (χ0n) is 29.0. The van der Waals surface area contributed by atoms with Gasteiger partial charge < -0.3 is 9.84 Å². The molecule has 11 atom stereocenters. The molecule has 6 aliphatic rings. The molecule has 44 heavy (non-hydrogen) atoms. The highest BCUT2D eigenvalue weighted by Crippen LogP contribution is 2.78. The van der Waals surface area contributed by atoms with Gasteiger partial charge in [-0.15, -0.1) is 12.4 Å². The van der Waals surface area contributed by atoms with Crippen LogP contribution in [-0.4, -0.2) is 47.8 Å². The highest BCUT2D eigenvalue weighted by Gasteiger charge is 2.71. The SMILES string of the molecule is C=C(C)[C@@H]1CC[C@]2([C@@H](O)C#CCN3CCCC3)CC[C@]3(C)[C@H](CC[C@@H]4[C@@]5(C)CC[C@H](OC(C)=O)C(C)(C)[C@@H]5CC[C@]43C)[C@@H]12.Cl. The van der Waals surface area contributed by atoms with Gasteiger partial charge in [0.1, 0.15) is 12.2 Å². The number of allylic oxidation sites excluding steroid dienone is 1. The van der Waals surface area contributed by atoms with Crippen molar-refractivity contribution in [3.63, 3.8) is 0 Å². The van der Waals surface area contributed by atoms with Crippen LogP contribution in [0.25, 0.3) is 0 Å². The van der Waals surface area contributed by atoms with E-state index in [-0.39, 0.29) is 51.6 Å². The van der Waals surface area contributed by atoms with Crippen LogP contribution in [0.5, 0.6) is 0 Å². The highest BCUT2D eigenvalue weighted by atomic mass is 35.5. The zero-order chi connectivity index (χ0) is 31.0. The Kier molecular flexibility index (Phi) is 9.28. The van der Waals surface area contributed by atoms with Gasteiger partial charge >= 0.3 is 5.97 Å². The van der Waals surface area contributed by atoms with E-state index in [2.05, 4.69) is 64.9 Å². The summed E-state index contributed by atoms with van der Waals surface area (Å²) in [5.41, 5.74) is 2.00. The summed E-state index contributed by atoms with van der Waals surface area (Å²) < 4.78 is 5.95. The van der Waals surface area contributed by atoms with E-state index in [4.69, 9.17) is 4.74 Å². The first-order valence-corrected chi connectivity index (χ1v) is 17.9. The second-order valence-corrected chi connectivity index (χ2v) is 17.6. The molecule has 5 saturated carbocycles. The van der Waals surface area contributed by atoms with Crippen molar-refractivity contribution < 1.29 is 14.6 Å². The third-order valence-corrected chi connectivity index (χ3v) is 15.7. The van der Waals surface area contributed by atoms with Crippen molar-refractivity contribution in [2.45, 2.75) is 138 Å². The molecule has 248 valence electrons. The van der Waals surface area contributed by atoms with Gasteiger partial charge in [0, 0.05) is 17.8 Å². The molecule has 0 spiro atoms. The molecule has 0 bridgehead atoms. The number of aliphatic hydroxyl groups excluding tert-OH is 1. The van der Waals surface area contributed by atoms with E-state index in [1.54, 1.807) is 6.92 Å². The molecular formula is C39H62ClNO3. The number of fused-ring (bicyclic) bond motifs is 7. The Morgan fingerprint density at radius 3 is 2.27 bits per heavy atom. The van der Waals surface area contributed by atoms with E-state index < -0.39 is 6.10 Å². The molecule has 1 N–H and O–H groups in total. The molecule has 0 radical (unpaired) electrons. The van der Waals surface area contributed by atoms with Crippen molar-refractivity contribution in [1.82, 2.24) is 4.90 Å². The van der Waals surface area contributed by atoms with E-state index in [0.717, 1.165) is 51.7 Å². The van der Waals surface area contributed by atoms with E-state index >= 15 is 0 Å². The van der Waals surface area contributed by atoms with Crippen LogP contribution in [0.15, 0.2) is 12.2 Å². The standard InChI is InChI=1S/C39H61NO3.ClH/c1-26(2)28-15-20-39(32(42)12-11-25-40-23-9-10-24-40)22-21-37(7)29(34(28)39)13-14-31-36(6)18-17-33(43-27(3)41)35(4,5)30(36)16-19-38(31,37)8;/h28-34,42H,1,9-10,13-25H2,2-8H3;1H/t28-,29+,30-,31+,32-,33-,34+,36-,37+,38+,39+;/m0./s1. The summed E-state index contributed by atoms with van der Waals surface area (Å²) in [6.45, 7) is 24.2. The predicted octanol–water partition coefficient (Wildman–Crippen LogP) is 8.46. The summed E-state index contributed by atoms with van der Waals surface area (Å²) in [5.74, 6) is 9.57. The Morgan fingerprint density at radius 2 is 1.61 bits per heavy atom. The molecule has 6 rings (SSSR count). The van der Waals surface area contributed by atoms with Gasteiger partial charge in [-0.05, 0) is 143 Å². The predicted molar refractivity (Wildman–Crippen MR) is 181 cm³/mol. The summed E-state index contributed by atoms with van der Waals surface area (Å²) in [5, 5.41) is 12.0. The van der Waals surface area contributed by atoms with Crippen LogP contribution in [0.3, 0.4) is 0 Å². The van der Waals surface area contributed by atoms with Gasteiger partial charge in [0.25, 0.3) is 0 Å². The Morgan fingerprint density at radius 1 is 0.909 bits per heavy atom. The first kappa shape index (κ1) is 34.3. The minimum Gasteiger partial charge on any atom is -0.462 e. The maximum absolute atomic E-state index is 12.0. The fourth-order valence-corrected chi connectivity index (χ4v) is 13.4. The summed E-state index contributed by atoms with van der Waals surface area (Å²) in [6.07, 6.45) is 13.8. The van der Waals surface area contributed by atoms with E-state index in [9.17, 15) is 9.90 Å². The number of ether oxygens (including phenoxy) is 1. The van der Waals surface area contributed by atoms with Crippen LogP contribution in [0.2, 0.25) is 0 Å². The number of likely N-dealkylation sites (tertiary alicyclic amines) is 1. The zero-order valence-corrected chi connectivity index (χ0v) is 29.8. The number of carbonyl (C=O) groups is 1. The smallest absolute Gasteiger partial charge is 0.302 e. The fourth-order valence-electron chi connectivity index (χ4n) is 13.4. The summed E-state index contributed by atoms with van der Waals surface area (Å²) in [6, 6.07) is 0. The Labute approximate surface area is 275 Å². The Bertz CT molecular complexity index is 1180. The fraction of sp³-hybridized carbons (Fsp3) is 0.872. The first-order valence-electron chi connectivity index (χ1n) is 17.9. The third kappa shape index (κ3) is 4.95. The van der Waals surface area contributed by atoms with Gasteiger partial charge in [-0.2, -0.15) is 0 Å². The molecule has 1 saturated heterocycles. The molecule has 5 aliphatic carbocycles. The molecule has 1 heterocycles. The van der Waals surface area contributed by atoms with Crippen molar-refractivity contribution >= 4 is 18.4 Å². The number of rotatable bonds is 4. The third-order valence-electron chi connectivity index (χ3n) is 15.7. The number of carbonyl (C=O) groups excluding carboxylic acids is 1. The van der Waals surface area contributed by atoms with Crippen molar-refractivity contribution in [2.24, 2.45) is 56.7 Å². The lowest BCUT2D eigenvalue weighted by atomic mass is 9.32. The number of halogens is 1. The molecule has 0 aromatic rings. The lowest BCUT2D eigenvalue weighted by Gasteiger charge is -2.73. The lowest BCUT2D eigenvalue weighted by molar-refractivity contribution is -0.253.